The predicted molar refractivity (Wildman–Crippen MR) is 93.0 cm³/mol. The smallest absolute Gasteiger partial charge is 0.160 e. The van der Waals surface area contributed by atoms with Crippen LogP contribution in [0.25, 0.3) is 0 Å². The number of pyridine rings is 1. The van der Waals surface area contributed by atoms with Crippen molar-refractivity contribution >= 4 is 23.1 Å². The Bertz CT molecular complexity index is 665. The van der Waals surface area contributed by atoms with E-state index in [0.717, 1.165) is 49.9 Å². The first-order chi connectivity index (χ1) is 11.2. The first-order valence-electron chi connectivity index (χ1n) is 7.95. The number of nitrogens with zero attached hydrogens (tertiary/aromatic N) is 5. The van der Waals surface area contributed by atoms with Crippen LogP contribution < -0.4 is 16.0 Å². The van der Waals surface area contributed by atoms with Gasteiger partial charge in [-0.1, -0.05) is 6.92 Å². The highest BCUT2D eigenvalue weighted by molar-refractivity contribution is 5.77. The lowest BCUT2D eigenvalue weighted by Gasteiger charge is -2.35. The number of nitrogens with two attached hydrogens (primary N) is 1. The molecule has 23 heavy (non-hydrogen) atoms. The molecule has 0 aromatic carbocycles. The number of aromatic nitrogens is 3. The molecule has 1 aliphatic heterocycles. The van der Waals surface area contributed by atoms with Gasteiger partial charge in [0.2, 0.25) is 0 Å². The Morgan fingerprint density at radius 3 is 2.65 bits per heavy atom. The highest BCUT2D eigenvalue weighted by Gasteiger charge is 2.20. The number of rotatable bonds is 4. The molecule has 7 nitrogen and oxygen atoms in total. The summed E-state index contributed by atoms with van der Waals surface area (Å²) in [5.74, 6) is 2.13. The molecule has 0 unspecified atom stereocenters. The SMILES string of the molecule is CCN1CCN(c2ncnc(Nc3cc(C)ccn3)c2N)CC1. The monoisotopic (exact) mass is 313 g/mol. The molecular formula is C16H23N7. The molecule has 2 aromatic rings. The van der Waals surface area contributed by atoms with Gasteiger partial charge in [-0.3, -0.25) is 0 Å². The van der Waals surface area contributed by atoms with E-state index in [4.69, 9.17) is 5.73 Å². The molecular weight excluding hydrogens is 290 g/mol. The van der Waals surface area contributed by atoms with Crippen molar-refractivity contribution in [2.24, 2.45) is 0 Å². The van der Waals surface area contributed by atoms with E-state index < -0.39 is 0 Å². The Labute approximate surface area is 136 Å². The van der Waals surface area contributed by atoms with Gasteiger partial charge in [0.1, 0.15) is 17.8 Å². The summed E-state index contributed by atoms with van der Waals surface area (Å²) in [7, 11) is 0. The van der Waals surface area contributed by atoms with Crippen LogP contribution in [0.1, 0.15) is 12.5 Å². The Kier molecular flexibility index (Phi) is 4.57. The molecule has 122 valence electrons. The van der Waals surface area contributed by atoms with Gasteiger partial charge in [0.25, 0.3) is 0 Å². The van der Waals surface area contributed by atoms with Crippen molar-refractivity contribution in [3.8, 4) is 0 Å². The maximum absolute atomic E-state index is 6.30. The van der Waals surface area contributed by atoms with Gasteiger partial charge in [-0.15, -0.1) is 0 Å². The van der Waals surface area contributed by atoms with E-state index in [1.165, 1.54) is 0 Å². The lowest BCUT2D eigenvalue weighted by atomic mass is 10.3. The predicted octanol–water partition coefficient (Wildman–Crippen LogP) is 1.65. The first kappa shape index (κ1) is 15.5. The van der Waals surface area contributed by atoms with E-state index in [1.54, 1.807) is 12.5 Å². The number of nitrogen functional groups attached to an aromatic ring is 1. The summed E-state index contributed by atoms with van der Waals surface area (Å²) in [6, 6.07) is 3.91. The molecule has 0 atom stereocenters. The van der Waals surface area contributed by atoms with Crippen LogP contribution in [0.15, 0.2) is 24.7 Å². The highest BCUT2D eigenvalue weighted by atomic mass is 15.3. The van der Waals surface area contributed by atoms with Crippen LogP contribution in [0, 0.1) is 6.92 Å². The van der Waals surface area contributed by atoms with Crippen LogP contribution in [-0.4, -0.2) is 52.6 Å². The van der Waals surface area contributed by atoms with E-state index in [1.807, 2.05) is 19.1 Å². The number of anilines is 4. The fraction of sp³-hybridized carbons (Fsp3) is 0.438. The first-order valence-corrected chi connectivity index (χ1v) is 7.95. The summed E-state index contributed by atoms with van der Waals surface area (Å²) >= 11 is 0. The average Bonchev–Trinajstić information content (AvgIpc) is 2.57. The zero-order valence-electron chi connectivity index (χ0n) is 13.7. The van der Waals surface area contributed by atoms with Crippen molar-refractivity contribution in [2.45, 2.75) is 13.8 Å². The maximum atomic E-state index is 6.30. The maximum Gasteiger partial charge on any atom is 0.160 e. The lowest BCUT2D eigenvalue weighted by Crippen LogP contribution is -2.46. The summed E-state index contributed by atoms with van der Waals surface area (Å²) in [4.78, 5) is 17.6. The van der Waals surface area contributed by atoms with Gasteiger partial charge >= 0.3 is 0 Å². The van der Waals surface area contributed by atoms with Crippen LogP contribution in [0.5, 0.6) is 0 Å². The van der Waals surface area contributed by atoms with Gasteiger partial charge in [-0.05, 0) is 31.2 Å². The van der Waals surface area contributed by atoms with Gasteiger partial charge in [-0.25, -0.2) is 15.0 Å². The Hall–Kier alpha value is -2.41. The molecule has 1 saturated heterocycles. The summed E-state index contributed by atoms with van der Waals surface area (Å²) in [6.45, 7) is 9.21. The summed E-state index contributed by atoms with van der Waals surface area (Å²) in [5.41, 5.74) is 8.00. The zero-order valence-corrected chi connectivity index (χ0v) is 13.7. The van der Waals surface area contributed by atoms with Crippen molar-refractivity contribution in [3.63, 3.8) is 0 Å². The fourth-order valence-electron chi connectivity index (χ4n) is 2.74. The largest absolute Gasteiger partial charge is 0.393 e. The normalized spacial score (nSPS) is 15.7. The number of aryl methyl sites for hydroxylation is 1. The van der Waals surface area contributed by atoms with Crippen molar-refractivity contribution in [1.29, 1.82) is 0 Å². The average molecular weight is 313 g/mol. The van der Waals surface area contributed by atoms with Crippen molar-refractivity contribution in [1.82, 2.24) is 19.9 Å². The molecule has 0 spiro atoms. The number of nitrogens with one attached hydrogen (secondary N) is 1. The minimum atomic E-state index is 0.570. The van der Waals surface area contributed by atoms with Gasteiger partial charge in [0, 0.05) is 32.4 Å². The molecule has 1 aliphatic rings. The second-order valence-electron chi connectivity index (χ2n) is 5.72. The van der Waals surface area contributed by atoms with E-state index >= 15 is 0 Å². The molecule has 0 saturated carbocycles. The summed E-state index contributed by atoms with van der Waals surface area (Å²) in [6.07, 6.45) is 3.32. The lowest BCUT2D eigenvalue weighted by molar-refractivity contribution is 0.270. The topological polar surface area (TPSA) is 83.2 Å². The Balaban J connectivity index is 1.79. The Morgan fingerprint density at radius 2 is 1.96 bits per heavy atom. The zero-order chi connectivity index (χ0) is 16.2. The Morgan fingerprint density at radius 1 is 1.17 bits per heavy atom. The van der Waals surface area contributed by atoms with Crippen LogP contribution in [0.3, 0.4) is 0 Å². The molecule has 7 heteroatoms. The number of likely N-dealkylation sites (N-methyl/N-ethyl adjacent to an activating group) is 1. The van der Waals surface area contributed by atoms with Crippen molar-refractivity contribution in [2.75, 3.05) is 48.7 Å². The number of hydrogen-bond acceptors (Lipinski definition) is 7. The molecule has 0 amide bonds. The third-order valence-electron chi connectivity index (χ3n) is 4.14. The quantitative estimate of drug-likeness (QED) is 0.888. The van der Waals surface area contributed by atoms with Crippen LogP contribution in [-0.2, 0) is 0 Å². The van der Waals surface area contributed by atoms with Crippen LogP contribution in [0.4, 0.5) is 23.1 Å². The van der Waals surface area contributed by atoms with Gasteiger partial charge < -0.3 is 20.9 Å². The molecule has 1 fully saturated rings. The third kappa shape index (κ3) is 3.50. The van der Waals surface area contributed by atoms with Gasteiger partial charge in [0.05, 0.1) is 0 Å². The number of hydrogen-bond donors (Lipinski definition) is 2. The van der Waals surface area contributed by atoms with Gasteiger partial charge in [0.15, 0.2) is 11.6 Å². The summed E-state index contributed by atoms with van der Waals surface area (Å²) < 4.78 is 0. The van der Waals surface area contributed by atoms with Crippen LogP contribution >= 0.6 is 0 Å². The molecule has 0 aliphatic carbocycles. The van der Waals surface area contributed by atoms with E-state index in [0.29, 0.717) is 11.5 Å². The molecule has 3 N–H and O–H groups in total. The number of piperazine rings is 1. The molecule has 2 aromatic heterocycles. The van der Waals surface area contributed by atoms with Gasteiger partial charge in [-0.2, -0.15) is 0 Å². The van der Waals surface area contributed by atoms with E-state index in [-0.39, 0.29) is 0 Å². The molecule has 0 bridgehead atoms. The van der Waals surface area contributed by atoms with E-state index in [9.17, 15) is 0 Å². The highest BCUT2D eigenvalue weighted by Crippen LogP contribution is 2.28. The second kappa shape index (κ2) is 6.78. The third-order valence-corrected chi connectivity index (χ3v) is 4.14. The standard InChI is InChI=1S/C16H23N7/c1-3-22-6-8-23(9-7-22)16-14(17)15(19-11-20-16)21-13-10-12(2)4-5-18-13/h4-5,10-11H,3,6-9,17H2,1-2H3,(H,18,19,20,21). The second-order valence-corrected chi connectivity index (χ2v) is 5.72. The fourth-order valence-corrected chi connectivity index (χ4v) is 2.74. The molecule has 0 radical (unpaired) electrons. The molecule has 3 heterocycles. The van der Waals surface area contributed by atoms with Crippen molar-refractivity contribution in [3.05, 3.63) is 30.2 Å². The minimum absolute atomic E-state index is 0.570. The minimum Gasteiger partial charge on any atom is -0.393 e. The summed E-state index contributed by atoms with van der Waals surface area (Å²) in [5, 5.41) is 3.19. The van der Waals surface area contributed by atoms with Crippen LogP contribution in [0.2, 0.25) is 0 Å². The molecule has 3 rings (SSSR count). The van der Waals surface area contributed by atoms with Crippen molar-refractivity contribution < 1.29 is 0 Å². The van der Waals surface area contributed by atoms with E-state index in [2.05, 4.69) is 37.0 Å².